The van der Waals surface area contributed by atoms with Crippen molar-refractivity contribution in [3.63, 3.8) is 0 Å². The van der Waals surface area contributed by atoms with E-state index in [2.05, 4.69) is 29.1 Å². The fourth-order valence-electron chi connectivity index (χ4n) is 5.28. The lowest BCUT2D eigenvalue weighted by atomic mass is 9.89. The number of rotatable bonds is 3. The molecule has 2 aromatic carbocycles. The Kier molecular flexibility index (Phi) is 4.59. The number of carbonyl (C=O) groups excluding carboxylic acids is 1. The Balaban J connectivity index is 1.42. The molecule has 6 nitrogen and oxygen atoms in total. The minimum atomic E-state index is -0.165. The molecule has 3 heterocycles. The molecule has 0 unspecified atom stereocenters. The molecule has 0 spiro atoms. The highest BCUT2D eigenvalue weighted by atomic mass is 16.5. The molecule has 5 rings (SSSR count). The second-order valence-electron chi connectivity index (χ2n) is 8.37. The third kappa shape index (κ3) is 2.99. The Morgan fingerprint density at radius 1 is 1.03 bits per heavy atom. The predicted octanol–water partition coefficient (Wildman–Crippen LogP) is 2.91. The number of amides is 1. The zero-order valence-electron chi connectivity index (χ0n) is 17.2. The number of carbonyl (C=O) groups is 1. The van der Waals surface area contributed by atoms with Crippen LogP contribution in [0.4, 0.5) is 0 Å². The monoisotopic (exact) mass is 403 g/mol. The molecule has 3 atom stereocenters. The fraction of sp³-hybridized carbons (Fsp3) is 0.333. The van der Waals surface area contributed by atoms with Crippen molar-refractivity contribution in [2.75, 3.05) is 33.8 Å². The Morgan fingerprint density at radius 2 is 1.77 bits per heavy atom. The predicted molar refractivity (Wildman–Crippen MR) is 116 cm³/mol. The number of fused-ring (bicyclic) bond motifs is 2. The molecule has 3 aromatic rings. The summed E-state index contributed by atoms with van der Waals surface area (Å²) in [6.07, 6.45) is 1.56. The summed E-state index contributed by atoms with van der Waals surface area (Å²) >= 11 is 0. The van der Waals surface area contributed by atoms with Crippen LogP contribution in [0.3, 0.4) is 0 Å². The van der Waals surface area contributed by atoms with E-state index in [9.17, 15) is 9.59 Å². The maximum absolute atomic E-state index is 13.4. The Morgan fingerprint density at radius 3 is 2.50 bits per heavy atom. The molecule has 6 heteroatoms. The molecule has 2 saturated heterocycles. The zero-order valence-corrected chi connectivity index (χ0v) is 17.2. The summed E-state index contributed by atoms with van der Waals surface area (Å²) in [5, 5.41) is 1.27. The van der Waals surface area contributed by atoms with Crippen molar-refractivity contribution in [3.8, 4) is 5.75 Å². The Hall–Kier alpha value is -3.12. The molecular formula is C24H25N3O3. The first-order valence-corrected chi connectivity index (χ1v) is 10.3. The SMILES string of the molecule is COc1ccc([C@@H]2[C@@H]3CN(C(=O)c4c[nH]c(=O)c5ccccc45)C[C@@H]3CN2C)cc1. The third-order valence-corrected chi connectivity index (χ3v) is 6.68. The summed E-state index contributed by atoms with van der Waals surface area (Å²) in [4.78, 5) is 32.6. The summed E-state index contributed by atoms with van der Waals surface area (Å²) in [5.74, 6) is 1.68. The van der Waals surface area contributed by atoms with Crippen LogP contribution in [0.25, 0.3) is 10.8 Å². The van der Waals surface area contributed by atoms with E-state index in [1.165, 1.54) is 5.56 Å². The molecule has 2 aliphatic heterocycles. The van der Waals surface area contributed by atoms with Gasteiger partial charge < -0.3 is 14.6 Å². The van der Waals surface area contributed by atoms with Crippen molar-refractivity contribution in [1.29, 1.82) is 0 Å². The lowest BCUT2D eigenvalue weighted by Crippen LogP contribution is -2.33. The number of nitrogens with zero attached hydrogens (tertiary/aromatic N) is 2. The molecule has 0 saturated carbocycles. The van der Waals surface area contributed by atoms with Gasteiger partial charge in [-0.2, -0.15) is 0 Å². The summed E-state index contributed by atoms with van der Waals surface area (Å²) in [6, 6.07) is 15.8. The van der Waals surface area contributed by atoms with E-state index in [-0.39, 0.29) is 17.5 Å². The van der Waals surface area contributed by atoms with Crippen LogP contribution in [0.1, 0.15) is 22.0 Å². The van der Waals surface area contributed by atoms with Crippen LogP contribution in [-0.4, -0.2) is 54.5 Å². The van der Waals surface area contributed by atoms with Gasteiger partial charge in [-0.15, -0.1) is 0 Å². The molecule has 1 N–H and O–H groups in total. The van der Waals surface area contributed by atoms with Gasteiger partial charge in [-0.1, -0.05) is 30.3 Å². The van der Waals surface area contributed by atoms with Crippen LogP contribution in [0.2, 0.25) is 0 Å². The molecule has 0 aliphatic carbocycles. The van der Waals surface area contributed by atoms with Gasteiger partial charge in [0.2, 0.25) is 0 Å². The molecule has 1 amide bonds. The van der Waals surface area contributed by atoms with Crippen LogP contribution in [-0.2, 0) is 0 Å². The average Bonchev–Trinajstić information content (AvgIpc) is 3.30. The largest absolute Gasteiger partial charge is 0.497 e. The molecule has 30 heavy (non-hydrogen) atoms. The number of likely N-dealkylation sites (tertiary alicyclic amines) is 2. The molecule has 2 fully saturated rings. The van der Waals surface area contributed by atoms with Crippen molar-refractivity contribution < 1.29 is 9.53 Å². The third-order valence-electron chi connectivity index (χ3n) is 6.68. The van der Waals surface area contributed by atoms with E-state index in [4.69, 9.17) is 4.74 Å². The van der Waals surface area contributed by atoms with Crippen molar-refractivity contribution in [1.82, 2.24) is 14.8 Å². The normalized spacial score (nSPS) is 23.7. The van der Waals surface area contributed by atoms with E-state index in [1.807, 2.05) is 35.2 Å². The number of benzene rings is 2. The molecule has 1 aromatic heterocycles. The molecule has 154 valence electrons. The lowest BCUT2D eigenvalue weighted by Gasteiger charge is -2.27. The smallest absolute Gasteiger partial charge is 0.255 e. The Labute approximate surface area is 175 Å². The number of hydrogen-bond acceptors (Lipinski definition) is 4. The minimum absolute atomic E-state index is 0.00650. The second-order valence-corrected chi connectivity index (χ2v) is 8.37. The van der Waals surface area contributed by atoms with Gasteiger partial charge in [-0.3, -0.25) is 14.5 Å². The first-order valence-electron chi connectivity index (χ1n) is 10.3. The summed E-state index contributed by atoms with van der Waals surface area (Å²) < 4.78 is 5.29. The highest BCUT2D eigenvalue weighted by Gasteiger charge is 2.47. The van der Waals surface area contributed by atoms with Gasteiger partial charge in [0.25, 0.3) is 11.5 Å². The number of hydrogen-bond donors (Lipinski definition) is 1. The number of methoxy groups -OCH3 is 1. The van der Waals surface area contributed by atoms with E-state index in [0.717, 1.165) is 25.4 Å². The van der Waals surface area contributed by atoms with E-state index in [1.54, 1.807) is 19.4 Å². The van der Waals surface area contributed by atoms with E-state index >= 15 is 0 Å². The van der Waals surface area contributed by atoms with Crippen LogP contribution < -0.4 is 10.3 Å². The molecule has 0 radical (unpaired) electrons. The fourth-order valence-corrected chi connectivity index (χ4v) is 5.28. The summed E-state index contributed by atoms with van der Waals surface area (Å²) in [7, 11) is 3.84. The number of ether oxygens (including phenoxy) is 1. The van der Waals surface area contributed by atoms with Crippen LogP contribution in [0.15, 0.2) is 59.5 Å². The van der Waals surface area contributed by atoms with E-state index < -0.39 is 0 Å². The first-order chi connectivity index (χ1) is 14.6. The van der Waals surface area contributed by atoms with Gasteiger partial charge in [0.1, 0.15) is 5.75 Å². The topological polar surface area (TPSA) is 65.6 Å². The van der Waals surface area contributed by atoms with Gasteiger partial charge in [0, 0.05) is 48.6 Å². The zero-order chi connectivity index (χ0) is 20.8. The summed E-state index contributed by atoms with van der Waals surface area (Å²) in [5.41, 5.74) is 1.66. The standard InChI is InChI=1S/C24H25N3O3/c1-26-12-16-13-27(14-21(16)22(26)15-7-9-17(30-2)10-8-15)24(29)20-11-25-23(28)19-6-4-3-5-18(19)20/h3-11,16,21-22H,12-14H2,1-2H3,(H,25,28)/t16-,21+,22+/m0/s1. The van der Waals surface area contributed by atoms with Gasteiger partial charge >= 0.3 is 0 Å². The number of aromatic amines is 1. The van der Waals surface area contributed by atoms with Gasteiger partial charge in [-0.05, 0) is 36.7 Å². The number of nitrogens with one attached hydrogen (secondary N) is 1. The maximum atomic E-state index is 13.4. The molecule has 2 aliphatic rings. The second kappa shape index (κ2) is 7.29. The van der Waals surface area contributed by atoms with Gasteiger partial charge in [-0.25, -0.2) is 0 Å². The van der Waals surface area contributed by atoms with Gasteiger partial charge in [0.05, 0.1) is 12.7 Å². The highest BCUT2D eigenvalue weighted by Crippen LogP contribution is 2.44. The van der Waals surface area contributed by atoms with Crippen molar-refractivity contribution in [2.45, 2.75) is 6.04 Å². The number of H-pyrrole nitrogens is 1. The number of pyridine rings is 1. The van der Waals surface area contributed by atoms with E-state index in [0.29, 0.717) is 28.2 Å². The minimum Gasteiger partial charge on any atom is -0.497 e. The van der Waals surface area contributed by atoms with Crippen LogP contribution in [0, 0.1) is 11.8 Å². The van der Waals surface area contributed by atoms with Crippen molar-refractivity contribution in [2.24, 2.45) is 11.8 Å². The van der Waals surface area contributed by atoms with Gasteiger partial charge in [0.15, 0.2) is 0 Å². The van der Waals surface area contributed by atoms with Crippen LogP contribution in [0.5, 0.6) is 5.75 Å². The first kappa shape index (κ1) is 18.9. The van der Waals surface area contributed by atoms with Crippen LogP contribution >= 0.6 is 0 Å². The highest BCUT2D eigenvalue weighted by molar-refractivity contribution is 6.06. The van der Waals surface area contributed by atoms with Crippen molar-refractivity contribution in [3.05, 3.63) is 76.2 Å². The number of aromatic nitrogens is 1. The molecular weight excluding hydrogens is 378 g/mol. The quantitative estimate of drug-likeness (QED) is 0.730. The Bertz CT molecular complexity index is 1150. The maximum Gasteiger partial charge on any atom is 0.255 e. The summed E-state index contributed by atoms with van der Waals surface area (Å²) in [6.45, 7) is 2.43. The molecule has 0 bridgehead atoms. The van der Waals surface area contributed by atoms with Crippen molar-refractivity contribution >= 4 is 16.7 Å². The lowest BCUT2D eigenvalue weighted by molar-refractivity contribution is 0.0769. The average molecular weight is 403 g/mol.